The molecule has 2 nitrogen and oxygen atoms in total. The first-order valence-electron chi connectivity index (χ1n) is 5.61. The van der Waals surface area contributed by atoms with E-state index in [-0.39, 0.29) is 11.2 Å². The molecule has 0 amide bonds. The van der Waals surface area contributed by atoms with Crippen molar-refractivity contribution in [2.24, 2.45) is 5.41 Å². The summed E-state index contributed by atoms with van der Waals surface area (Å²) in [6.45, 7) is 1.70. The lowest BCUT2D eigenvalue weighted by Crippen LogP contribution is -2.37. The van der Waals surface area contributed by atoms with Gasteiger partial charge in [-0.15, -0.1) is 0 Å². The Labute approximate surface area is 95.1 Å². The van der Waals surface area contributed by atoms with Crippen LogP contribution in [0.5, 0.6) is 0 Å². The molecule has 0 radical (unpaired) electrons. The monoisotopic (exact) mass is 218 g/mol. The molecule has 0 unspecified atom stereocenters. The number of piperidine rings is 1. The minimum absolute atomic E-state index is 0.198. The normalized spacial score (nSPS) is 19.0. The number of nitrogens with zero attached hydrogens (tertiary/aromatic N) is 1. The Morgan fingerprint density at radius 3 is 2.62 bits per heavy atom. The van der Waals surface area contributed by atoms with E-state index >= 15 is 0 Å². The van der Waals surface area contributed by atoms with Crippen molar-refractivity contribution in [2.75, 3.05) is 13.1 Å². The van der Waals surface area contributed by atoms with E-state index in [4.69, 9.17) is 0 Å². The number of rotatable bonds is 2. The van der Waals surface area contributed by atoms with Gasteiger partial charge < -0.3 is 5.32 Å². The van der Waals surface area contributed by atoms with Crippen LogP contribution >= 0.6 is 0 Å². The van der Waals surface area contributed by atoms with Crippen LogP contribution in [0, 0.1) is 22.6 Å². The number of nitrogens with one attached hydrogen (secondary N) is 1. The van der Waals surface area contributed by atoms with Gasteiger partial charge in [0.2, 0.25) is 0 Å². The molecule has 16 heavy (non-hydrogen) atoms. The molecule has 0 aliphatic carbocycles. The van der Waals surface area contributed by atoms with Gasteiger partial charge in [0, 0.05) is 0 Å². The highest BCUT2D eigenvalue weighted by Crippen LogP contribution is 2.32. The van der Waals surface area contributed by atoms with Crippen molar-refractivity contribution in [3.05, 3.63) is 35.6 Å². The number of hydrogen-bond donors (Lipinski definition) is 1. The fourth-order valence-electron chi connectivity index (χ4n) is 2.24. The molecular formula is C13H15FN2. The van der Waals surface area contributed by atoms with Crippen molar-refractivity contribution in [1.82, 2.24) is 5.32 Å². The largest absolute Gasteiger partial charge is 0.317 e. The van der Waals surface area contributed by atoms with Crippen molar-refractivity contribution < 1.29 is 4.39 Å². The van der Waals surface area contributed by atoms with Gasteiger partial charge in [-0.2, -0.15) is 5.26 Å². The fourth-order valence-corrected chi connectivity index (χ4v) is 2.24. The molecule has 1 fully saturated rings. The van der Waals surface area contributed by atoms with Crippen molar-refractivity contribution >= 4 is 0 Å². The van der Waals surface area contributed by atoms with Crippen LogP contribution < -0.4 is 5.32 Å². The van der Waals surface area contributed by atoms with Gasteiger partial charge in [0.05, 0.1) is 11.5 Å². The lowest BCUT2D eigenvalue weighted by molar-refractivity contribution is 0.277. The summed E-state index contributed by atoms with van der Waals surface area (Å²) in [6, 6.07) is 9.13. The second kappa shape index (κ2) is 4.63. The second-order valence-electron chi connectivity index (χ2n) is 4.41. The Morgan fingerprint density at radius 2 is 2.00 bits per heavy atom. The van der Waals surface area contributed by atoms with Crippen molar-refractivity contribution in [1.29, 1.82) is 5.26 Å². The van der Waals surface area contributed by atoms with Gasteiger partial charge in [0.25, 0.3) is 0 Å². The summed E-state index contributed by atoms with van der Waals surface area (Å²) in [7, 11) is 0. The first kappa shape index (κ1) is 11.1. The zero-order valence-corrected chi connectivity index (χ0v) is 9.17. The molecule has 1 N–H and O–H groups in total. The smallest absolute Gasteiger partial charge is 0.126 e. The van der Waals surface area contributed by atoms with E-state index in [1.165, 1.54) is 6.07 Å². The van der Waals surface area contributed by atoms with Gasteiger partial charge in [-0.3, -0.25) is 0 Å². The van der Waals surface area contributed by atoms with Gasteiger partial charge in [-0.1, -0.05) is 18.2 Å². The Hall–Kier alpha value is -1.40. The highest BCUT2D eigenvalue weighted by atomic mass is 19.1. The van der Waals surface area contributed by atoms with E-state index in [9.17, 15) is 9.65 Å². The third kappa shape index (κ3) is 2.23. The van der Waals surface area contributed by atoms with Crippen LogP contribution in [0.3, 0.4) is 0 Å². The summed E-state index contributed by atoms with van der Waals surface area (Å²) < 4.78 is 13.5. The molecular weight excluding hydrogens is 203 g/mol. The second-order valence-corrected chi connectivity index (χ2v) is 4.41. The maximum absolute atomic E-state index is 13.5. The van der Waals surface area contributed by atoms with Gasteiger partial charge >= 0.3 is 0 Å². The first-order chi connectivity index (χ1) is 7.76. The summed E-state index contributed by atoms with van der Waals surface area (Å²) in [5, 5.41) is 12.5. The Bertz CT molecular complexity index is 403. The summed E-state index contributed by atoms with van der Waals surface area (Å²) in [5.41, 5.74) is 0.277. The van der Waals surface area contributed by atoms with Crippen molar-refractivity contribution in [3.8, 4) is 6.07 Å². The van der Waals surface area contributed by atoms with Crippen LogP contribution in [0.2, 0.25) is 0 Å². The molecule has 1 saturated heterocycles. The summed E-state index contributed by atoms with van der Waals surface area (Å²) >= 11 is 0. The fraction of sp³-hybridized carbons (Fsp3) is 0.462. The molecule has 0 spiro atoms. The van der Waals surface area contributed by atoms with Crippen LogP contribution in [0.4, 0.5) is 4.39 Å². The van der Waals surface area contributed by atoms with E-state index in [1.54, 1.807) is 12.1 Å². The van der Waals surface area contributed by atoms with E-state index in [1.807, 2.05) is 6.07 Å². The standard InChI is InChI=1S/C13H15FN2/c14-12-4-2-1-3-11(12)9-13(10-15)5-7-16-8-6-13/h1-4,16H,5-9H2. The quantitative estimate of drug-likeness (QED) is 0.826. The predicted octanol–water partition coefficient (Wildman–Crippen LogP) is 2.26. The molecule has 0 atom stereocenters. The summed E-state index contributed by atoms with van der Waals surface area (Å²) in [6.07, 6.45) is 2.13. The average molecular weight is 218 g/mol. The molecule has 2 rings (SSSR count). The predicted molar refractivity (Wildman–Crippen MR) is 60.3 cm³/mol. The maximum atomic E-state index is 13.5. The molecule has 1 heterocycles. The zero-order valence-electron chi connectivity index (χ0n) is 9.17. The van der Waals surface area contributed by atoms with E-state index in [0.717, 1.165) is 25.9 Å². The molecule has 1 aliphatic rings. The Balaban J connectivity index is 2.19. The van der Waals surface area contributed by atoms with E-state index in [2.05, 4.69) is 11.4 Å². The van der Waals surface area contributed by atoms with Crippen molar-refractivity contribution in [2.45, 2.75) is 19.3 Å². The highest BCUT2D eigenvalue weighted by Gasteiger charge is 2.32. The lowest BCUT2D eigenvalue weighted by Gasteiger charge is -2.31. The minimum atomic E-state index is -0.382. The third-order valence-corrected chi connectivity index (χ3v) is 3.28. The molecule has 1 aromatic carbocycles. The number of nitriles is 1. The van der Waals surface area contributed by atoms with E-state index < -0.39 is 0 Å². The number of hydrogen-bond acceptors (Lipinski definition) is 2. The topological polar surface area (TPSA) is 35.8 Å². The van der Waals surface area contributed by atoms with Gasteiger partial charge in [-0.25, -0.2) is 4.39 Å². The molecule has 1 aliphatic heterocycles. The first-order valence-corrected chi connectivity index (χ1v) is 5.61. The molecule has 0 bridgehead atoms. The van der Waals surface area contributed by atoms with Crippen LogP contribution in [-0.2, 0) is 6.42 Å². The number of halogens is 1. The SMILES string of the molecule is N#CC1(Cc2ccccc2F)CCNCC1. The average Bonchev–Trinajstić information content (AvgIpc) is 2.33. The lowest BCUT2D eigenvalue weighted by atomic mass is 9.75. The Kier molecular flexibility index (Phi) is 3.21. The van der Waals surface area contributed by atoms with Gasteiger partial charge in [0.1, 0.15) is 5.82 Å². The van der Waals surface area contributed by atoms with Crippen LogP contribution in [-0.4, -0.2) is 13.1 Å². The molecule has 1 aromatic rings. The van der Waals surface area contributed by atoms with Gasteiger partial charge in [-0.05, 0) is 44.0 Å². The Morgan fingerprint density at radius 1 is 1.31 bits per heavy atom. The number of benzene rings is 1. The molecule has 0 aromatic heterocycles. The van der Waals surface area contributed by atoms with Crippen LogP contribution in [0.1, 0.15) is 18.4 Å². The van der Waals surface area contributed by atoms with Gasteiger partial charge in [0.15, 0.2) is 0 Å². The van der Waals surface area contributed by atoms with Crippen molar-refractivity contribution in [3.63, 3.8) is 0 Å². The third-order valence-electron chi connectivity index (χ3n) is 3.28. The molecule has 84 valence electrons. The molecule has 3 heteroatoms. The van der Waals surface area contributed by atoms with E-state index in [0.29, 0.717) is 12.0 Å². The molecule has 0 saturated carbocycles. The summed E-state index contributed by atoms with van der Waals surface area (Å²) in [5.74, 6) is -0.198. The zero-order chi connectivity index (χ0) is 11.4. The summed E-state index contributed by atoms with van der Waals surface area (Å²) in [4.78, 5) is 0. The van der Waals surface area contributed by atoms with Crippen LogP contribution in [0.25, 0.3) is 0 Å². The highest BCUT2D eigenvalue weighted by molar-refractivity contribution is 5.21. The maximum Gasteiger partial charge on any atom is 0.126 e. The van der Waals surface area contributed by atoms with Crippen LogP contribution in [0.15, 0.2) is 24.3 Å². The minimum Gasteiger partial charge on any atom is -0.317 e.